The van der Waals surface area contributed by atoms with Crippen molar-refractivity contribution in [3.63, 3.8) is 0 Å². The van der Waals surface area contributed by atoms with E-state index in [1.807, 2.05) is 12.1 Å². The molecule has 0 spiro atoms. The van der Waals surface area contributed by atoms with Crippen molar-refractivity contribution in [2.45, 2.75) is 13.0 Å². The number of ether oxygens (including phenoxy) is 3. The van der Waals surface area contributed by atoms with Crippen LogP contribution in [0, 0.1) is 0 Å². The maximum Gasteiger partial charge on any atom is 0.307 e. The van der Waals surface area contributed by atoms with Crippen molar-refractivity contribution in [1.29, 1.82) is 0 Å². The molecular formula is C19H19NO6. The molecule has 7 heteroatoms. The van der Waals surface area contributed by atoms with Crippen molar-refractivity contribution in [3.8, 4) is 11.5 Å². The number of carbonyl (C=O) groups excluding carboxylic acids is 2. The molecule has 2 aromatic rings. The van der Waals surface area contributed by atoms with Gasteiger partial charge in [-0.3, -0.25) is 9.59 Å². The van der Waals surface area contributed by atoms with Gasteiger partial charge in [0.05, 0.1) is 19.8 Å². The van der Waals surface area contributed by atoms with Gasteiger partial charge in [0.25, 0.3) is 0 Å². The summed E-state index contributed by atoms with van der Waals surface area (Å²) in [5.74, 6) is 1.30. The van der Waals surface area contributed by atoms with Gasteiger partial charge in [-0.2, -0.15) is 0 Å². The van der Waals surface area contributed by atoms with Crippen molar-refractivity contribution in [1.82, 2.24) is 4.90 Å². The standard InChI is InChI=1S/C19H19NO6/c1-23-19(22)8-9-20(18(21)7-5-15-3-2-10-24-15)12-14-4-6-16-17(11-14)26-13-25-16/h2-7,10-11H,8-9,12-13H2,1H3/b7-5+. The lowest BCUT2D eigenvalue weighted by Crippen LogP contribution is -2.31. The smallest absolute Gasteiger partial charge is 0.307 e. The maximum absolute atomic E-state index is 12.6. The molecule has 2 heterocycles. The molecule has 26 heavy (non-hydrogen) atoms. The van der Waals surface area contributed by atoms with Crippen molar-refractivity contribution in [2.24, 2.45) is 0 Å². The number of methoxy groups -OCH3 is 1. The average Bonchev–Trinajstić information content (AvgIpc) is 3.33. The van der Waals surface area contributed by atoms with E-state index in [0.717, 1.165) is 5.56 Å². The number of benzene rings is 1. The summed E-state index contributed by atoms with van der Waals surface area (Å²) in [5.41, 5.74) is 0.874. The lowest BCUT2D eigenvalue weighted by Gasteiger charge is -2.21. The summed E-state index contributed by atoms with van der Waals surface area (Å²) in [6.07, 6.45) is 4.66. The fourth-order valence-corrected chi connectivity index (χ4v) is 2.50. The van der Waals surface area contributed by atoms with Gasteiger partial charge in [-0.25, -0.2) is 0 Å². The monoisotopic (exact) mass is 357 g/mol. The molecule has 1 aliphatic rings. The minimum absolute atomic E-state index is 0.112. The number of nitrogens with zero attached hydrogens (tertiary/aromatic N) is 1. The van der Waals surface area contributed by atoms with Gasteiger partial charge in [-0.15, -0.1) is 0 Å². The highest BCUT2D eigenvalue weighted by molar-refractivity contribution is 5.91. The first-order valence-corrected chi connectivity index (χ1v) is 8.11. The van der Waals surface area contributed by atoms with Crippen LogP contribution in [0.2, 0.25) is 0 Å². The minimum atomic E-state index is -0.372. The van der Waals surface area contributed by atoms with Crippen LogP contribution in [-0.4, -0.2) is 37.2 Å². The zero-order valence-electron chi connectivity index (χ0n) is 14.3. The lowest BCUT2D eigenvalue weighted by atomic mass is 10.1. The van der Waals surface area contributed by atoms with Crippen LogP contribution < -0.4 is 9.47 Å². The van der Waals surface area contributed by atoms with E-state index < -0.39 is 0 Å². The average molecular weight is 357 g/mol. The number of rotatable bonds is 7. The normalized spacial score (nSPS) is 12.3. The molecule has 0 atom stereocenters. The Morgan fingerprint density at radius 2 is 2.08 bits per heavy atom. The second-order valence-corrected chi connectivity index (χ2v) is 5.62. The minimum Gasteiger partial charge on any atom is -0.469 e. The van der Waals surface area contributed by atoms with Gasteiger partial charge in [0.1, 0.15) is 5.76 Å². The third-order valence-electron chi connectivity index (χ3n) is 3.87. The van der Waals surface area contributed by atoms with Crippen LogP contribution in [0.1, 0.15) is 17.7 Å². The number of hydrogen-bond donors (Lipinski definition) is 0. The van der Waals surface area contributed by atoms with Gasteiger partial charge in [0.15, 0.2) is 11.5 Å². The maximum atomic E-state index is 12.6. The molecule has 1 aromatic heterocycles. The van der Waals surface area contributed by atoms with E-state index in [9.17, 15) is 9.59 Å². The summed E-state index contributed by atoms with van der Waals surface area (Å²) < 4.78 is 20.5. The van der Waals surface area contributed by atoms with E-state index >= 15 is 0 Å². The Kier molecular flexibility index (Phi) is 5.58. The van der Waals surface area contributed by atoms with Crippen LogP contribution in [-0.2, 0) is 20.9 Å². The van der Waals surface area contributed by atoms with Gasteiger partial charge in [-0.05, 0) is 35.9 Å². The van der Waals surface area contributed by atoms with E-state index in [-0.39, 0.29) is 31.6 Å². The molecule has 0 saturated carbocycles. The highest BCUT2D eigenvalue weighted by Gasteiger charge is 2.17. The number of amides is 1. The summed E-state index contributed by atoms with van der Waals surface area (Å²) >= 11 is 0. The van der Waals surface area contributed by atoms with Crippen LogP contribution >= 0.6 is 0 Å². The second-order valence-electron chi connectivity index (χ2n) is 5.62. The van der Waals surface area contributed by atoms with E-state index in [1.165, 1.54) is 19.4 Å². The predicted octanol–water partition coefficient (Wildman–Crippen LogP) is 2.61. The Hall–Kier alpha value is -3.22. The molecule has 0 unspecified atom stereocenters. The Labute approximate surface area is 150 Å². The number of fused-ring (bicyclic) bond motifs is 1. The molecule has 0 fully saturated rings. The van der Waals surface area contributed by atoms with Gasteiger partial charge in [-0.1, -0.05) is 6.07 Å². The summed E-state index contributed by atoms with van der Waals surface area (Å²) in [4.78, 5) is 25.6. The van der Waals surface area contributed by atoms with Crippen molar-refractivity contribution in [2.75, 3.05) is 20.4 Å². The Morgan fingerprint density at radius 1 is 1.23 bits per heavy atom. The first kappa shape index (κ1) is 17.6. The largest absolute Gasteiger partial charge is 0.469 e. The molecule has 7 nitrogen and oxygen atoms in total. The molecule has 136 valence electrons. The Morgan fingerprint density at radius 3 is 2.85 bits per heavy atom. The number of hydrogen-bond acceptors (Lipinski definition) is 6. The number of carbonyl (C=O) groups is 2. The third kappa shape index (κ3) is 4.44. The van der Waals surface area contributed by atoms with Gasteiger partial charge >= 0.3 is 5.97 Å². The number of esters is 1. The van der Waals surface area contributed by atoms with E-state index in [4.69, 9.17) is 13.9 Å². The molecule has 0 saturated heterocycles. The molecule has 1 amide bonds. The summed E-state index contributed by atoms with van der Waals surface area (Å²) in [5, 5.41) is 0. The van der Waals surface area contributed by atoms with E-state index in [0.29, 0.717) is 23.8 Å². The quantitative estimate of drug-likeness (QED) is 0.560. The lowest BCUT2D eigenvalue weighted by molar-refractivity contribution is -0.141. The second kappa shape index (κ2) is 8.24. The van der Waals surface area contributed by atoms with Gasteiger partial charge < -0.3 is 23.5 Å². The fourth-order valence-electron chi connectivity index (χ4n) is 2.50. The topological polar surface area (TPSA) is 78.2 Å². The number of furan rings is 1. The fraction of sp³-hybridized carbons (Fsp3) is 0.263. The first-order valence-electron chi connectivity index (χ1n) is 8.11. The summed E-state index contributed by atoms with van der Waals surface area (Å²) in [6.45, 7) is 0.757. The molecule has 1 aromatic carbocycles. The van der Waals surface area contributed by atoms with Crippen LogP contribution in [0.5, 0.6) is 11.5 Å². The molecule has 0 bridgehead atoms. The molecule has 0 N–H and O–H groups in total. The van der Waals surface area contributed by atoms with Gasteiger partial charge in [0.2, 0.25) is 12.7 Å². The highest BCUT2D eigenvalue weighted by atomic mass is 16.7. The summed E-state index contributed by atoms with van der Waals surface area (Å²) in [7, 11) is 1.32. The SMILES string of the molecule is COC(=O)CCN(Cc1ccc2c(c1)OCO2)C(=O)/C=C/c1ccco1. The van der Waals surface area contributed by atoms with Crippen LogP contribution in [0.3, 0.4) is 0 Å². The Balaban J connectivity index is 1.71. The molecule has 0 radical (unpaired) electrons. The zero-order chi connectivity index (χ0) is 18.4. The van der Waals surface area contributed by atoms with Gasteiger partial charge in [0, 0.05) is 19.2 Å². The summed E-state index contributed by atoms with van der Waals surface area (Å²) in [6, 6.07) is 8.99. The molecule has 0 aliphatic carbocycles. The molecular weight excluding hydrogens is 338 g/mol. The van der Waals surface area contributed by atoms with E-state index in [2.05, 4.69) is 4.74 Å². The van der Waals surface area contributed by atoms with Crippen molar-refractivity contribution >= 4 is 18.0 Å². The first-order chi connectivity index (χ1) is 12.7. The Bertz CT molecular complexity index is 796. The van der Waals surface area contributed by atoms with E-state index in [1.54, 1.807) is 29.2 Å². The van der Waals surface area contributed by atoms with Crippen molar-refractivity contribution in [3.05, 3.63) is 54.0 Å². The third-order valence-corrected chi connectivity index (χ3v) is 3.87. The van der Waals surface area contributed by atoms with Crippen LogP contribution in [0.15, 0.2) is 47.1 Å². The zero-order valence-corrected chi connectivity index (χ0v) is 14.3. The van der Waals surface area contributed by atoms with Crippen LogP contribution in [0.4, 0.5) is 0 Å². The molecule has 3 rings (SSSR count). The van der Waals surface area contributed by atoms with Crippen molar-refractivity contribution < 1.29 is 28.2 Å². The predicted molar refractivity (Wildman–Crippen MR) is 92.4 cm³/mol. The van der Waals surface area contributed by atoms with Crippen LogP contribution in [0.25, 0.3) is 6.08 Å². The molecule has 1 aliphatic heterocycles. The highest BCUT2D eigenvalue weighted by Crippen LogP contribution is 2.32.